The normalized spacial score (nSPS) is 10.3. The molecule has 0 saturated heterocycles. The number of hydrazone groups is 1. The summed E-state index contributed by atoms with van der Waals surface area (Å²) in [5.41, 5.74) is -0.163. The van der Waals surface area contributed by atoms with Gasteiger partial charge in [-0.05, 0) is 22.0 Å². The molecule has 0 aliphatic heterocycles. The van der Waals surface area contributed by atoms with Gasteiger partial charge >= 0.3 is 6.18 Å². The Balaban J connectivity index is 3.20. The molecule has 9 heteroatoms. The van der Waals surface area contributed by atoms with Crippen LogP contribution in [0.25, 0.3) is 0 Å². The number of nitriles is 2. The molecule has 0 unspecified atom stereocenters. The Labute approximate surface area is 113 Å². The summed E-state index contributed by atoms with van der Waals surface area (Å²) in [6, 6.07) is 4.13. The fourth-order valence-corrected chi connectivity index (χ4v) is 1.51. The molecule has 0 aliphatic rings. The number of alkyl halides is 3. The molecule has 1 aromatic carbocycles. The van der Waals surface area contributed by atoms with E-state index in [0.717, 1.165) is 6.07 Å². The van der Waals surface area contributed by atoms with Crippen LogP contribution in [0, 0.1) is 28.5 Å². The standard InChI is InChI=1S/C10H3BrF4N4/c11-9-7(10(13,14)15)1-5(2-8(9)12)18-19-6(3-16)4-17/h1-2,18H. The topological polar surface area (TPSA) is 72.0 Å². The SMILES string of the molecule is N#CC(C#N)=NNc1cc(F)c(Br)c(C(F)(F)F)c1. The fraction of sp³-hybridized carbons (Fsp3) is 0.100. The minimum atomic E-state index is -4.76. The molecule has 0 amide bonds. The highest BCUT2D eigenvalue weighted by atomic mass is 79.9. The van der Waals surface area contributed by atoms with E-state index < -0.39 is 27.7 Å². The molecular formula is C10H3BrF4N4. The Bertz CT molecular complexity index is 594. The molecule has 1 rings (SSSR count). The minimum Gasteiger partial charge on any atom is -0.276 e. The Morgan fingerprint density at radius 3 is 2.32 bits per heavy atom. The molecule has 0 aliphatic carbocycles. The summed E-state index contributed by atoms with van der Waals surface area (Å²) >= 11 is 2.49. The predicted octanol–water partition coefficient (Wildman–Crippen LogP) is 3.42. The van der Waals surface area contributed by atoms with Gasteiger partial charge in [-0.25, -0.2) is 4.39 Å². The van der Waals surface area contributed by atoms with Crippen molar-refractivity contribution in [3.05, 3.63) is 28.0 Å². The van der Waals surface area contributed by atoms with Gasteiger partial charge in [0.25, 0.3) is 0 Å². The molecule has 0 fully saturated rings. The van der Waals surface area contributed by atoms with Gasteiger partial charge in [0.05, 0.1) is 15.7 Å². The third kappa shape index (κ3) is 3.66. The third-order valence-electron chi connectivity index (χ3n) is 1.84. The molecule has 0 spiro atoms. The Morgan fingerprint density at radius 2 is 1.84 bits per heavy atom. The lowest BCUT2D eigenvalue weighted by molar-refractivity contribution is -0.138. The summed E-state index contributed by atoms with van der Waals surface area (Å²) < 4.78 is 50.3. The molecule has 0 aromatic heterocycles. The van der Waals surface area contributed by atoms with Crippen LogP contribution in [0.15, 0.2) is 21.7 Å². The van der Waals surface area contributed by atoms with E-state index in [-0.39, 0.29) is 5.69 Å². The van der Waals surface area contributed by atoms with Crippen molar-refractivity contribution in [3.63, 3.8) is 0 Å². The van der Waals surface area contributed by atoms with Crippen molar-refractivity contribution in [3.8, 4) is 12.1 Å². The average Bonchev–Trinajstić information content (AvgIpc) is 2.33. The second-order valence-electron chi connectivity index (χ2n) is 3.11. The number of halogens is 5. The zero-order chi connectivity index (χ0) is 14.6. The molecule has 0 radical (unpaired) electrons. The summed E-state index contributed by atoms with van der Waals surface area (Å²) in [6.45, 7) is 0. The van der Waals surface area contributed by atoms with E-state index in [0.29, 0.717) is 6.07 Å². The molecular weight excluding hydrogens is 332 g/mol. The maximum absolute atomic E-state index is 13.3. The lowest BCUT2D eigenvalue weighted by Crippen LogP contribution is -2.08. The first-order valence-corrected chi connectivity index (χ1v) is 5.29. The van der Waals surface area contributed by atoms with Crippen LogP contribution in [-0.2, 0) is 6.18 Å². The molecule has 0 heterocycles. The van der Waals surface area contributed by atoms with Crippen molar-refractivity contribution in [2.75, 3.05) is 5.43 Å². The lowest BCUT2D eigenvalue weighted by atomic mass is 10.2. The Kier molecular flexibility index (Phi) is 4.46. The lowest BCUT2D eigenvalue weighted by Gasteiger charge is -2.11. The number of rotatable bonds is 2. The molecule has 98 valence electrons. The van der Waals surface area contributed by atoms with E-state index in [1.807, 2.05) is 5.43 Å². The van der Waals surface area contributed by atoms with E-state index >= 15 is 0 Å². The maximum Gasteiger partial charge on any atom is 0.417 e. The minimum absolute atomic E-state index is 0.337. The summed E-state index contributed by atoms with van der Waals surface area (Å²) in [5, 5.41) is 20.0. The summed E-state index contributed by atoms with van der Waals surface area (Å²) in [5.74, 6) is -1.15. The second kappa shape index (κ2) is 5.67. The zero-order valence-electron chi connectivity index (χ0n) is 8.89. The summed E-state index contributed by atoms with van der Waals surface area (Å²) in [4.78, 5) is 0. The van der Waals surface area contributed by atoms with E-state index in [4.69, 9.17) is 10.5 Å². The largest absolute Gasteiger partial charge is 0.417 e. The highest BCUT2D eigenvalue weighted by Gasteiger charge is 2.34. The number of benzene rings is 1. The number of anilines is 1. The first-order chi connectivity index (χ1) is 8.79. The van der Waals surface area contributed by atoms with Gasteiger partial charge in [0.1, 0.15) is 18.0 Å². The highest BCUT2D eigenvalue weighted by molar-refractivity contribution is 9.10. The average molecular weight is 335 g/mol. The molecule has 1 N–H and O–H groups in total. The van der Waals surface area contributed by atoms with Gasteiger partial charge in [0, 0.05) is 6.07 Å². The fourth-order valence-electron chi connectivity index (χ4n) is 1.06. The summed E-state index contributed by atoms with van der Waals surface area (Å²) in [6.07, 6.45) is -4.76. The first kappa shape index (κ1) is 14.9. The molecule has 4 nitrogen and oxygen atoms in total. The maximum atomic E-state index is 13.3. The van der Waals surface area contributed by atoms with Gasteiger partial charge in [0.2, 0.25) is 5.71 Å². The smallest absolute Gasteiger partial charge is 0.276 e. The van der Waals surface area contributed by atoms with Crippen LogP contribution < -0.4 is 5.43 Å². The van der Waals surface area contributed by atoms with Crippen molar-refractivity contribution in [1.29, 1.82) is 10.5 Å². The van der Waals surface area contributed by atoms with Gasteiger partial charge in [-0.1, -0.05) is 0 Å². The van der Waals surface area contributed by atoms with E-state index in [9.17, 15) is 17.6 Å². The van der Waals surface area contributed by atoms with Crippen LogP contribution in [0.2, 0.25) is 0 Å². The van der Waals surface area contributed by atoms with Gasteiger partial charge in [-0.15, -0.1) is 0 Å². The monoisotopic (exact) mass is 334 g/mol. The van der Waals surface area contributed by atoms with Crippen molar-refractivity contribution < 1.29 is 17.6 Å². The van der Waals surface area contributed by atoms with Crippen molar-refractivity contribution >= 4 is 27.3 Å². The summed E-state index contributed by atoms with van der Waals surface area (Å²) in [7, 11) is 0. The van der Waals surface area contributed by atoms with Crippen LogP contribution in [0.5, 0.6) is 0 Å². The Morgan fingerprint density at radius 1 is 1.26 bits per heavy atom. The molecule has 0 atom stereocenters. The predicted molar refractivity (Wildman–Crippen MR) is 61.4 cm³/mol. The number of hydrogen-bond acceptors (Lipinski definition) is 4. The van der Waals surface area contributed by atoms with E-state index in [1.54, 1.807) is 0 Å². The van der Waals surface area contributed by atoms with E-state index in [2.05, 4.69) is 21.0 Å². The van der Waals surface area contributed by atoms with Crippen molar-refractivity contribution in [2.45, 2.75) is 6.18 Å². The number of hydrogen-bond donors (Lipinski definition) is 1. The molecule has 19 heavy (non-hydrogen) atoms. The number of nitrogens with one attached hydrogen (secondary N) is 1. The zero-order valence-corrected chi connectivity index (χ0v) is 10.5. The highest BCUT2D eigenvalue weighted by Crippen LogP contribution is 2.37. The van der Waals surface area contributed by atoms with Crippen LogP contribution in [0.4, 0.5) is 23.2 Å². The molecule has 0 bridgehead atoms. The van der Waals surface area contributed by atoms with Crippen LogP contribution >= 0.6 is 15.9 Å². The van der Waals surface area contributed by atoms with Gasteiger partial charge in [-0.3, -0.25) is 5.43 Å². The second-order valence-corrected chi connectivity index (χ2v) is 3.91. The third-order valence-corrected chi connectivity index (χ3v) is 2.65. The molecule has 0 saturated carbocycles. The van der Waals surface area contributed by atoms with Gasteiger partial charge in [-0.2, -0.15) is 28.8 Å². The first-order valence-electron chi connectivity index (χ1n) is 4.49. The number of nitrogens with zero attached hydrogens (tertiary/aromatic N) is 3. The van der Waals surface area contributed by atoms with Crippen molar-refractivity contribution in [2.24, 2.45) is 5.10 Å². The van der Waals surface area contributed by atoms with Gasteiger partial charge in [0.15, 0.2) is 0 Å². The van der Waals surface area contributed by atoms with Crippen molar-refractivity contribution in [1.82, 2.24) is 0 Å². The van der Waals surface area contributed by atoms with E-state index in [1.165, 1.54) is 12.1 Å². The molecule has 1 aromatic rings. The Hall–Kier alpha value is -2.13. The van der Waals surface area contributed by atoms with Gasteiger partial charge < -0.3 is 0 Å². The van der Waals surface area contributed by atoms with Crippen LogP contribution in [-0.4, -0.2) is 5.71 Å². The van der Waals surface area contributed by atoms with Crippen LogP contribution in [0.3, 0.4) is 0 Å². The quantitative estimate of drug-likeness (QED) is 0.511. The van der Waals surface area contributed by atoms with Crippen LogP contribution in [0.1, 0.15) is 5.56 Å².